The number of ether oxygens (including phenoxy) is 1. The lowest BCUT2D eigenvalue weighted by molar-refractivity contribution is -0.122. The first-order valence-corrected chi connectivity index (χ1v) is 8.91. The second kappa shape index (κ2) is 7.38. The number of halogens is 1. The van der Waals surface area contributed by atoms with E-state index in [-0.39, 0.29) is 23.7 Å². The van der Waals surface area contributed by atoms with Crippen LogP contribution < -0.4 is 15.4 Å². The van der Waals surface area contributed by atoms with Gasteiger partial charge in [-0.3, -0.25) is 9.59 Å². The van der Waals surface area contributed by atoms with E-state index in [1.807, 2.05) is 26.0 Å². The molecule has 0 bridgehead atoms. The third-order valence-corrected chi connectivity index (χ3v) is 4.61. The molecule has 136 valence electrons. The second-order valence-electron chi connectivity index (χ2n) is 6.72. The first kappa shape index (κ1) is 18.3. The number of rotatable bonds is 4. The van der Waals surface area contributed by atoms with Gasteiger partial charge < -0.3 is 15.4 Å². The lowest BCUT2D eigenvalue weighted by atomic mass is 9.87. The Kier molecular flexibility index (Phi) is 5.18. The van der Waals surface area contributed by atoms with Crippen LogP contribution in [0.5, 0.6) is 5.75 Å². The van der Waals surface area contributed by atoms with Crippen molar-refractivity contribution in [3.8, 4) is 5.75 Å². The molecule has 0 aromatic heterocycles. The topological polar surface area (TPSA) is 67.4 Å². The molecule has 1 aliphatic heterocycles. The maximum Gasteiger partial charge on any atom is 0.265 e. The molecule has 0 fully saturated rings. The van der Waals surface area contributed by atoms with E-state index in [4.69, 9.17) is 16.3 Å². The molecule has 1 heterocycles. The van der Waals surface area contributed by atoms with E-state index in [0.717, 1.165) is 5.56 Å². The van der Waals surface area contributed by atoms with Gasteiger partial charge in [-0.2, -0.15) is 0 Å². The third-order valence-electron chi connectivity index (χ3n) is 4.36. The fourth-order valence-corrected chi connectivity index (χ4v) is 3.14. The van der Waals surface area contributed by atoms with Gasteiger partial charge in [-0.15, -0.1) is 0 Å². The molecule has 0 aliphatic carbocycles. The molecule has 3 rings (SSSR count). The van der Waals surface area contributed by atoms with Crippen LogP contribution >= 0.6 is 11.6 Å². The van der Waals surface area contributed by atoms with Gasteiger partial charge in [-0.05, 0) is 48.7 Å². The Morgan fingerprint density at radius 1 is 1.19 bits per heavy atom. The van der Waals surface area contributed by atoms with Gasteiger partial charge >= 0.3 is 0 Å². The van der Waals surface area contributed by atoms with E-state index in [9.17, 15) is 9.59 Å². The summed E-state index contributed by atoms with van der Waals surface area (Å²) in [4.78, 5) is 24.6. The van der Waals surface area contributed by atoms with Gasteiger partial charge in [0.15, 0.2) is 6.10 Å². The number of hydrogen-bond acceptors (Lipinski definition) is 3. The summed E-state index contributed by atoms with van der Waals surface area (Å²) in [6.45, 7) is 5.69. The number of carbonyl (C=O) groups is 2. The number of fused-ring (bicyclic) bond motifs is 1. The molecule has 0 radical (unpaired) electrons. The van der Waals surface area contributed by atoms with Crippen molar-refractivity contribution in [3.63, 3.8) is 0 Å². The van der Waals surface area contributed by atoms with Crippen molar-refractivity contribution in [1.82, 2.24) is 0 Å². The third kappa shape index (κ3) is 3.83. The Hall–Kier alpha value is -2.53. The molecule has 0 saturated heterocycles. The monoisotopic (exact) mass is 372 g/mol. The number of hydrogen-bond donors (Lipinski definition) is 2. The Morgan fingerprint density at radius 3 is 2.54 bits per heavy atom. The van der Waals surface area contributed by atoms with Crippen LogP contribution in [0.4, 0.5) is 11.4 Å². The molecule has 2 atom stereocenters. The van der Waals surface area contributed by atoms with Crippen molar-refractivity contribution in [3.05, 3.63) is 53.1 Å². The molecule has 1 aliphatic rings. The summed E-state index contributed by atoms with van der Waals surface area (Å²) in [6.07, 6.45) is -0.529. The molecule has 2 aromatic rings. The Labute approximate surface area is 157 Å². The van der Waals surface area contributed by atoms with Crippen LogP contribution in [-0.2, 0) is 9.59 Å². The molecule has 2 aromatic carbocycles. The lowest BCUT2D eigenvalue weighted by Crippen LogP contribution is -2.34. The normalized spacial score (nSPS) is 17.1. The van der Waals surface area contributed by atoms with Crippen LogP contribution in [0.15, 0.2) is 42.5 Å². The molecule has 6 heteroatoms. The molecular weight excluding hydrogens is 352 g/mol. The predicted octanol–water partition coefficient (Wildman–Crippen LogP) is 4.44. The first-order chi connectivity index (χ1) is 12.3. The van der Waals surface area contributed by atoms with E-state index in [1.165, 1.54) is 0 Å². The second-order valence-corrected chi connectivity index (χ2v) is 7.16. The minimum Gasteiger partial charge on any atom is -0.479 e. The smallest absolute Gasteiger partial charge is 0.265 e. The number of anilines is 2. The van der Waals surface area contributed by atoms with Crippen molar-refractivity contribution in [1.29, 1.82) is 0 Å². The van der Waals surface area contributed by atoms with E-state index in [1.54, 1.807) is 37.3 Å². The summed E-state index contributed by atoms with van der Waals surface area (Å²) in [5, 5.41) is 6.35. The molecule has 26 heavy (non-hydrogen) atoms. The van der Waals surface area contributed by atoms with Gasteiger partial charge in [0.2, 0.25) is 5.91 Å². The summed E-state index contributed by atoms with van der Waals surface area (Å²) >= 11 is 5.95. The van der Waals surface area contributed by atoms with Gasteiger partial charge in [0.1, 0.15) is 5.75 Å². The maximum atomic E-state index is 12.9. The van der Waals surface area contributed by atoms with Gasteiger partial charge in [0, 0.05) is 10.7 Å². The highest BCUT2D eigenvalue weighted by molar-refractivity contribution is 6.30. The maximum absolute atomic E-state index is 12.9. The highest BCUT2D eigenvalue weighted by Gasteiger charge is 2.26. The predicted molar refractivity (Wildman–Crippen MR) is 103 cm³/mol. The Balaban J connectivity index is 1.81. The molecular formula is C20H21ClN2O3. The highest BCUT2D eigenvalue weighted by atomic mass is 35.5. The molecule has 0 unspecified atom stereocenters. The lowest BCUT2D eigenvalue weighted by Gasteiger charge is -2.24. The van der Waals surface area contributed by atoms with Gasteiger partial charge in [0.05, 0.1) is 11.6 Å². The number of amides is 2. The summed E-state index contributed by atoms with van der Waals surface area (Å²) in [5.41, 5.74) is 2.07. The van der Waals surface area contributed by atoms with Crippen molar-refractivity contribution in [2.24, 2.45) is 5.92 Å². The van der Waals surface area contributed by atoms with Crippen LogP contribution in [0.1, 0.15) is 32.3 Å². The first-order valence-electron chi connectivity index (χ1n) is 8.53. The van der Waals surface area contributed by atoms with Crippen molar-refractivity contribution in [2.45, 2.75) is 32.8 Å². The SMILES string of the molecule is CC(C)[C@@H](C(=O)Nc1ccc2c(c1)NC(=O)[C@H](C)O2)c1ccc(Cl)cc1. The standard InChI is InChI=1S/C20H21ClN2O3/c1-11(2)18(13-4-6-14(21)7-5-13)20(25)22-15-8-9-17-16(10-15)23-19(24)12(3)26-17/h4-12,18H,1-3H3,(H,22,25)(H,23,24)/t12-,18+/m0/s1. The Morgan fingerprint density at radius 2 is 1.88 bits per heavy atom. The van der Waals surface area contributed by atoms with Gasteiger partial charge in [-0.25, -0.2) is 0 Å². The fraction of sp³-hybridized carbons (Fsp3) is 0.300. The number of nitrogens with one attached hydrogen (secondary N) is 2. The zero-order valence-electron chi connectivity index (χ0n) is 14.9. The van der Waals surface area contributed by atoms with E-state index >= 15 is 0 Å². The molecule has 5 nitrogen and oxygen atoms in total. The number of carbonyl (C=O) groups excluding carboxylic acids is 2. The van der Waals surface area contributed by atoms with Gasteiger partial charge in [0.25, 0.3) is 5.91 Å². The van der Waals surface area contributed by atoms with Crippen LogP contribution in [0, 0.1) is 5.92 Å². The summed E-state index contributed by atoms with van der Waals surface area (Å²) in [6, 6.07) is 12.5. The minimum absolute atomic E-state index is 0.109. The summed E-state index contributed by atoms with van der Waals surface area (Å²) < 4.78 is 5.53. The van der Waals surface area contributed by atoms with Crippen molar-refractivity contribution in [2.75, 3.05) is 10.6 Å². The number of benzene rings is 2. The van der Waals surface area contributed by atoms with E-state index in [0.29, 0.717) is 22.1 Å². The average molecular weight is 373 g/mol. The van der Waals surface area contributed by atoms with Crippen LogP contribution in [-0.4, -0.2) is 17.9 Å². The molecule has 0 saturated carbocycles. The quantitative estimate of drug-likeness (QED) is 0.833. The zero-order chi connectivity index (χ0) is 18.8. The molecule has 0 spiro atoms. The fourth-order valence-electron chi connectivity index (χ4n) is 3.02. The van der Waals surface area contributed by atoms with Crippen LogP contribution in [0.25, 0.3) is 0 Å². The van der Waals surface area contributed by atoms with Gasteiger partial charge in [-0.1, -0.05) is 37.6 Å². The van der Waals surface area contributed by atoms with Crippen LogP contribution in [0.3, 0.4) is 0 Å². The summed E-state index contributed by atoms with van der Waals surface area (Å²) in [5.74, 6) is 0.0703. The van der Waals surface area contributed by atoms with Crippen LogP contribution in [0.2, 0.25) is 5.02 Å². The minimum atomic E-state index is -0.529. The Bertz CT molecular complexity index is 833. The largest absolute Gasteiger partial charge is 0.479 e. The van der Waals surface area contributed by atoms with E-state index in [2.05, 4.69) is 10.6 Å². The average Bonchev–Trinajstić information content (AvgIpc) is 2.58. The molecule has 2 N–H and O–H groups in total. The summed E-state index contributed by atoms with van der Waals surface area (Å²) in [7, 11) is 0. The molecule has 2 amide bonds. The highest BCUT2D eigenvalue weighted by Crippen LogP contribution is 2.33. The van der Waals surface area contributed by atoms with Crippen molar-refractivity contribution < 1.29 is 14.3 Å². The zero-order valence-corrected chi connectivity index (χ0v) is 15.6. The van der Waals surface area contributed by atoms with E-state index < -0.39 is 6.10 Å². The van der Waals surface area contributed by atoms with Crippen molar-refractivity contribution >= 4 is 34.8 Å².